The number of hydrogen-bond donors (Lipinski definition) is 3. The molecule has 0 bridgehead atoms. The van der Waals surface area contributed by atoms with Crippen LogP contribution in [0.5, 0.6) is 0 Å². The van der Waals surface area contributed by atoms with Crippen molar-refractivity contribution in [2.75, 3.05) is 5.43 Å². The van der Waals surface area contributed by atoms with E-state index in [9.17, 15) is 9.59 Å². The summed E-state index contributed by atoms with van der Waals surface area (Å²) in [4.78, 5) is 21.8. The summed E-state index contributed by atoms with van der Waals surface area (Å²) in [7, 11) is 0. The van der Waals surface area contributed by atoms with E-state index in [1.54, 1.807) is 12.1 Å². The van der Waals surface area contributed by atoms with Gasteiger partial charge in [-0.2, -0.15) is 0 Å². The Kier molecular flexibility index (Phi) is 4.32. The van der Waals surface area contributed by atoms with Crippen LogP contribution in [0.3, 0.4) is 0 Å². The summed E-state index contributed by atoms with van der Waals surface area (Å²) in [5.41, 5.74) is 5.88. The smallest absolute Gasteiger partial charge is 0.306 e. The topological polar surface area (TPSA) is 78.4 Å². The molecule has 5 nitrogen and oxygen atoms in total. The van der Waals surface area contributed by atoms with E-state index in [2.05, 4.69) is 10.9 Å². The molecule has 0 aliphatic heterocycles. The molecule has 3 N–H and O–H groups in total. The Morgan fingerprint density at radius 3 is 2.50 bits per heavy atom. The molecule has 16 heavy (non-hydrogen) atoms. The van der Waals surface area contributed by atoms with Gasteiger partial charge in [-0.15, -0.1) is 0 Å². The summed E-state index contributed by atoms with van der Waals surface area (Å²) in [6.45, 7) is 1.49. The number of carbonyl (C=O) groups is 2. The van der Waals surface area contributed by atoms with E-state index in [-0.39, 0.29) is 12.3 Å². The Hall–Kier alpha value is -2.04. The van der Waals surface area contributed by atoms with Gasteiger partial charge in [-0.3, -0.25) is 20.4 Å². The second kappa shape index (κ2) is 5.75. The molecule has 1 atom stereocenters. The molecule has 0 aromatic heterocycles. The molecule has 86 valence electrons. The number of rotatable bonds is 5. The maximum Gasteiger partial charge on any atom is 0.306 e. The summed E-state index contributed by atoms with van der Waals surface area (Å²) in [6, 6.07) is 9.10. The number of benzene rings is 1. The molecule has 1 rings (SSSR count). The zero-order valence-corrected chi connectivity index (χ0v) is 8.93. The number of hydrogen-bond acceptors (Lipinski definition) is 3. The molecule has 0 aliphatic rings. The summed E-state index contributed by atoms with van der Waals surface area (Å²) >= 11 is 0. The lowest BCUT2D eigenvalue weighted by atomic mass is 10.1. The van der Waals surface area contributed by atoms with Crippen molar-refractivity contribution >= 4 is 17.6 Å². The normalized spacial score (nSPS) is 11.6. The molecule has 0 heterocycles. The number of anilines is 1. The first kappa shape index (κ1) is 12.0. The first-order valence-corrected chi connectivity index (χ1v) is 4.92. The molecule has 1 unspecified atom stereocenters. The molecule has 0 fully saturated rings. The van der Waals surface area contributed by atoms with Gasteiger partial charge in [0.05, 0.1) is 11.6 Å². The van der Waals surface area contributed by atoms with E-state index >= 15 is 0 Å². The largest absolute Gasteiger partial charge is 0.481 e. The van der Waals surface area contributed by atoms with Gasteiger partial charge in [-0.1, -0.05) is 25.1 Å². The number of para-hydroxylation sites is 1. The van der Waals surface area contributed by atoms with Crippen molar-refractivity contribution < 1.29 is 14.7 Å². The lowest BCUT2D eigenvalue weighted by Gasteiger charge is -2.09. The monoisotopic (exact) mass is 222 g/mol. The van der Waals surface area contributed by atoms with Gasteiger partial charge < -0.3 is 5.11 Å². The minimum atomic E-state index is -0.977. The first-order valence-electron chi connectivity index (χ1n) is 4.92. The van der Waals surface area contributed by atoms with Crippen LogP contribution in [-0.2, 0) is 9.59 Å². The van der Waals surface area contributed by atoms with Gasteiger partial charge in [0, 0.05) is 6.42 Å². The number of carboxylic acids is 1. The van der Waals surface area contributed by atoms with Gasteiger partial charge in [0.2, 0.25) is 5.91 Å². The van der Waals surface area contributed by atoms with E-state index < -0.39 is 11.9 Å². The zero-order chi connectivity index (χ0) is 12.0. The number of hydrazine groups is 1. The zero-order valence-electron chi connectivity index (χ0n) is 8.93. The van der Waals surface area contributed by atoms with Crippen molar-refractivity contribution in [3.63, 3.8) is 0 Å². The highest BCUT2D eigenvalue weighted by Crippen LogP contribution is 2.04. The predicted molar refractivity (Wildman–Crippen MR) is 59.6 cm³/mol. The highest BCUT2D eigenvalue weighted by Gasteiger charge is 2.15. The fourth-order valence-electron chi connectivity index (χ4n) is 1.08. The van der Waals surface area contributed by atoms with Gasteiger partial charge in [-0.25, -0.2) is 0 Å². The van der Waals surface area contributed by atoms with Crippen LogP contribution in [0, 0.1) is 5.92 Å². The fraction of sp³-hybridized carbons (Fsp3) is 0.273. The second-order valence-corrected chi connectivity index (χ2v) is 3.48. The van der Waals surface area contributed by atoms with Gasteiger partial charge in [0.15, 0.2) is 0 Å². The van der Waals surface area contributed by atoms with Crippen molar-refractivity contribution in [1.29, 1.82) is 0 Å². The van der Waals surface area contributed by atoms with Crippen molar-refractivity contribution in [3.8, 4) is 0 Å². The van der Waals surface area contributed by atoms with Crippen molar-refractivity contribution in [3.05, 3.63) is 30.3 Å². The molecule has 1 aromatic carbocycles. The van der Waals surface area contributed by atoms with Crippen LogP contribution in [0.4, 0.5) is 5.69 Å². The molecular formula is C11H14N2O3. The van der Waals surface area contributed by atoms with E-state index in [4.69, 9.17) is 5.11 Å². The maximum atomic E-state index is 11.3. The van der Waals surface area contributed by atoms with Crippen LogP contribution in [0.15, 0.2) is 30.3 Å². The number of amides is 1. The summed E-state index contributed by atoms with van der Waals surface area (Å²) in [5, 5.41) is 8.62. The number of carbonyl (C=O) groups excluding carboxylic acids is 1. The highest BCUT2D eigenvalue weighted by atomic mass is 16.4. The summed E-state index contributed by atoms with van der Waals surface area (Å²) in [5.74, 6) is -2.01. The van der Waals surface area contributed by atoms with E-state index in [1.807, 2.05) is 18.2 Å². The van der Waals surface area contributed by atoms with Crippen LogP contribution < -0.4 is 10.9 Å². The number of carboxylic acid groups (broad SMARTS) is 1. The van der Waals surface area contributed by atoms with Crippen molar-refractivity contribution in [1.82, 2.24) is 5.43 Å². The summed E-state index contributed by atoms with van der Waals surface area (Å²) in [6.07, 6.45) is -0.0465. The number of nitrogens with one attached hydrogen (secondary N) is 2. The second-order valence-electron chi connectivity index (χ2n) is 3.48. The Morgan fingerprint density at radius 2 is 1.94 bits per heavy atom. The highest BCUT2D eigenvalue weighted by molar-refractivity contribution is 5.82. The standard InChI is InChI=1S/C11H14N2O3/c1-8(11(15)16)7-10(14)13-12-9-5-3-2-4-6-9/h2-6,8,12H,7H2,1H3,(H,13,14)(H,15,16). The molecule has 0 radical (unpaired) electrons. The predicted octanol–water partition coefficient (Wildman–Crippen LogP) is 1.24. The molecule has 0 spiro atoms. The Labute approximate surface area is 93.4 Å². The molecule has 0 saturated carbocycles. The van der Waals surface area contributed by atoms with Crippen LogP contribution in [0.1, 0.15) is 13.3 Å². The quantitative estimate of drug-likeness (QED) is 0.655. The van der Waals surface area contributed by atoms with Crippen LogP contribution in [0.25, 0.3) is 0 Å². The third-order valence-electron chi connectivity index (χ3n) is 2.03. The van der Waals surface area contributed by atoms with E-state index in [0.29, 0.717) is 0 Å². The minimum absolute atomic E-state index is 0.0465. The Morgan fingerprint density at radius 1 is 1.31 bits per heavy atom. The lowest BCUT2D eigenvalue weighted by molar-refractivity contribution is -0.143. The minimum Gasteiger partial charge on any atom is -0.481 e. The van der Waals surface area contributed by atoms with Gasteiger partial charge in [-0.05, 0) is 12.1 Å². The van der Waals surface area contributed by atoms with Crippen LogP contribution in [-0.4, -0.2) is 17.0 Å². The molecule has 1 amide bonds. The SMILES string of the molecule is CC(CC(=O)NNc1ccccc1)C(=O)O. The van der Waals surface area contributed by atoms with Crippen molar-refractivity contribution in [2.45, 2.75) is 13.3 Å². The van der Waals surface area contributed by atoms with E-state index in [0.717, 1.165) is 5.69 Å². The third-order valence-corrected chi connectivity index (χ3v) is 2.03. The first-order chi connectivity index (χ1) is 7.59. The average molecular weight is 222 g/mol. The van der Waals surface area contributed by atoms with Gasteiger partial charge in [0.25, 0.3) is 0 Å². The fourth-order valence-corrected chi connectivity index (χ4v) is 1.08. The van der Waals surface area contributed by atoms with Crippen molar-refractivity contribution in [2.24, 2.45) is 5.92 Å². The van der Waals surface area contributed by atoms with Gasteiger partial charge >= 0.3 is 5.97 Å². The Bertz CT molecular complexity index is 365. The molecule has 0 aliphatic carbocycles. The molecule has 0 saturated heterocycles. The molecule has 5 heteroatoms. The molecular weight excluding hydrogens is 208 g/mol. The Balaban J connectivity index is 2.33. The van der Waals surface area contributed by atoms with Crippen LogP contribution in [0.2, 0.25) is 0 Å². The maximum absolute atomic E-state index is 11.3. The van der Waals surface area contributed by atoms with Gasteiger partial charge in [0.1, 0.15) is 0 Å². The molecule has 1 aromatic rings. The van der Waals surface area contributed by atoms with Crippen LogP contribution >= 0.6 is 0 Å². The van der Waals surface area contributed by atoms with E-state index in [1.165, 1.54) is 6.92 Å². The summed E-state index contributed by atoms with van der Waals surface area (Å²) < 4.78 is 0. The average Bonchev–Trinajstić information content (AvgIpc) is 2.27. The number of aliphatic carboxylic acids is 1. The third kappa shape index (κ3) is 4.00. The lowest BCUT2D eigenvalue weighted by Crippen LogP contribution is -2.31.